The number of hydrogen-bond donors (Lipinski definition) is 1. The molecule has 146 valence electrons. The number of aliphatic imine (C=N–C) groups is 1. The van der Waals surface area contributed by atoms with E-state index in [2.05, 4.69) is 28.7 Å². The van der Waals surface area contributed by atoms with Crippen molar-refractivity contribution in [2.75, 3.05) is 19.6 Å². The summed E-state index contributed by atoms with van der Waals surface area (Å²) in [6, 6.07) is 12.1. The molecule has 8 heteroatoms. The standard InChI is InChI=1S/C20H23N5O3/c1-3-23(4-2)12-13-24-17-10-6-5-9-16(17)22-20(24)21-14-15-8-7-11-18(19(15)26)25(27)28/h5-11,14,26H,3-4,12-13H2,1-2H3/b21-14+. The predicted octanol–water partition coefficient (Wildman–Crippen LogP) is 3.74. The number of benzene rings is 2. The maximum atomic E-state index is 11.0. The largest absolute Gasteiger partial charge is 0.502 e. The molecule has 3 rings (SSSR count). The number of aromatic hydroxyl groups is 1. The van der Waals surface area contributed by atoms with Gasteiger partial charge < -0.3 is 14.6 Å². The predicted molar refractivity (Wildman–Crippen MR) is 110 cm³/mol. The van der Waals surface area contributed by atoms with Gasteiger partial charge in [-0.1, -0.05) is 32.0 Å². The summed E-state index contributed by atoms with van der Waals surface area (Å²) >= 11 is 0. The number of likely N-dealkylation sites (N-methyl/N-ethyl adjacent to an activating group) is 1. The second-order valence-electron chi connectivity index (χ2n) is 6.31. The van der Waals surface area contributed by atoms with Gasteiger partial charge in [-0.25, -0.2) is 9.98 Å². The number of phenols is 1. The van der Waals surface area contributed by atoms with Crippen molar-refractivity contribution in [2.24, 2.45) is 4.99 Å². The van der Waals surface area contributed by atoms with E-state index in [0.717, 1.165) is 37.2 Å². The highest BCUT2D eigenvalue weighted by atomic mass is 16.6. The molecule has 1 N–H and O–H groups in total. The normalized spacial score (nSPS) is 11.7. The number of hydrogen-bond acceptors (Lipinski definition) is 6. The summed E-state index contributed by atoms with van der Waals surface area (Å²) in [7, 11) is 0. The van der Waals surface area contributed by atoms with Gasteiger partial charge in [-0.2, -0.15) is 0 Å². The van der Waals surface area contributed by atoms with Crippen molar-refractivity contribution < 1.29 is 10.0 Å². The Kier molecular flexibility index (Phi) is 6.00. The molecular formula is C20H23N5O3. The third kappa shape index (κ3) is 4.01. The van der Waals surface area contributed by atoms with E-state index in [4.69, 9.17) is 0 Å². The number of nitro benzene ring substituents is 1. The van der Waals surface area contributed by atoms with Crippen LogP contribution in [0.4, 0.5) is 11.6 Å². The molecule has 0 saturated carbocycles. The van der Waals surface area contributed by atoms with Gasteiger partial charge in [-0.15, -0.1) is 0 Å². The Morgan fingerprint density at radius 1 is 1.21 bits per heavy atom. The lowest BCUT2D eigenvalue weighted by Crippen LogP contribution is -2.26. The molecule has 1 aromatic heterocycles. The Balaban J connectivity index is 1.96. The van der Waals surface area contributed by atoms with Crippen molar-refractivity contribution in [3.63, 3.8) is 0 Å². The molecule has 1 heterocycles. The van der Waals surface area contributed by atoms with Gasteiger partial charge in [0, 0.05) is 30.9 Å². The van der Waals surface area contributed by atoms with Crippen LogP contribution in [-0.4, -0.2) is 50.3 Å². The SMILES string of the molecule is CCN(CC)CCn1c(/N=C/c2cccc([N+](=O)[O-])c2O)nc2ccccc21. The molecule has 0 radical (unpaired) electrons. The summed E-state index contributed by atoms with van der Waals surface area (Å²) in [4.78, 5) is 21.7. The molecule has 0 unspecified atom stereocenters. The number of imidazole rings is 1. The van der Waals surface area contributed by atoms with Crippen molar-refractivity contribution in [1.82, 2.24) is 14.5 Å². The monoisotopic (exact) mass is 381 g/mol. The Bertz CT molecular complexity index is 1010. The van der Waals surface area contributed by atoms with Crippen LogP contribution in [0.1, 0.15) is 19.4 Å². The molecule has 0 saturated heterocycles. The zero-order chi connectivity index (χ0) is 20.1. The minimum Gasteiger partial charge on any atom is -0.502 e. The van der Waals surface area contributed by atoms with Gasteiger partial charge in [0.1, 0.15) is 0 Å². The zero-order valence-electron chi connectivity index (χ0n) is 15.9. The van der Waals surface area contributed by atoms with Gasteiger partial charge in [0.25, 0.3) is 0 Å². The van der Waals surface area contributed by atoms with Gasteiger partial charge in [0.2, 0.25) is 11.7 Å². The summed E-state index contributed by atoms with van der Waals surface area (Å²) < 4.78 is 2.03. The summed E-state index contributed by atoms with van der Waals surface area (Å²) in [6.07, 6.45) is 1.41. The molecular weight excluding hydrogens is 358 g/mol. The first kappa shape index (κ1) is 19.5. The third-order valence-electron chi connectivity index (χ3n) is 4.73. The van der Waals surface area contributed by atoms with Crippen molar-refractivity contribution in [3.05, 3.63) is 58.1 Å². The second-order valence-corrected chi connectivity index (χ2v) is 6.31. The Morgan fingerprint density at radius 2 is 1.96 bits per heavy atom. The highest BCUT2D eigenvalue weighted by Crippen LogP contribution is 2.29. The number of aromatic nitrogens is 2. The van der Waals surface area contributed by atoms with Crippen LogP contribution in [0.25, 0.3) is 11.0 Å². The van der Waals surface area contributed by atoms with Crippen LogP contribution in [0, 0.1) is 10.1 Å². The lowest BCUT2D eigenvalue weighted by atomic mass is 10.2. The molecule has 0 spiro atoms. The lowest BCUT2D eigenvalue weighted by Gasteiger charge is -2.18. The number of nitro groups is 1. The number of fused-ring (bicyclic) bond motifs is 1. The smallest absolute Gasteiger partial charge is 0.311 e. The fourth-order valence-corrected chi connectivity index (χ4v) is 3.09. The van der Waals surface area contributed by atoms with E-state index in [0.29, 0.717) is 5.95 Å². The quantitative estimate of drug-likeness (QED) is 0.364. The van der Waals surface area contributed by atoms with Crippen LogP contribution in [0.15, 0.2) is 47.5 Å². The van der Waals surface area contributed by atoms with Crippen molar-refractivity contribution in [1.29, 1.82) is 0 Å². The van der Waals surface area contributed by atoms with Crippen LogP contribution in [-0.2, 0) is 6.54 Å². The van der Waals surface area contributed by atoms with Crippen LogP contribution in [0.3, 0.4) is 0 Å². The molecule has 28 heavy (non-hydrogen) atoms. The minimum absolute atomic E-state index is 0.275. The van der Waals surface area contributed by atoms with Crippen molar-refractivity contribution >= 4 is 28.9 Å². The van der Waals surface area contributed by atoms with E-state index in [1.807, 2.05) is 28.8 Å². The first-order valence-corrected chi connectivity index (χ1v) is 9.23. The molecule has 2 aromatic carbocycles. The van der Waals surface area contributed by atoms with Gasteiger partial charge in [-0.05, 0) is 31.3 Å². The van der Waals surface area contributed by atoms with Crippen LogP contribution in [0.2, 0.25) is 0 Å². The maximum absolute atomic E-state index is 11.0. The number of rotatable bonds is 8. The Morgan fingerprint density at radius 3 is 2.68 bits per heavy atom. The van der Waals surface area contributed by atoms with Gasteiger partial charge >= 0.3 is 5.69 Å². The second kappa shape index (κ2) is 8.62. The molecule has 0 bridgehead atoms. The first-order chi connectivity index (χ1) is 13.5. The third-order valence-corrected chi connectivity index (χ3v) is 4.73. The number of nitrogens with zero attached hydrogens (tertiary/aromatic N) is 5. The van der Waals surface area contributed by atoms with E-state index >= 15 is 0 Å². The van der Waals surface area contributed by atoms with E-state index in [1.165, 1.54) is 18.3 Å². The van der Waals surface area contributed by atoms with Gasteiger partial charge in [-0.3, -0.25) is 10.1 Å². The highest BCUT2D eigenvalue weighted by Gasteiger charge is 2.16. The fraction of sp³-hybridized carbons (Fsp3) is 0.300. The van der Waals surface area contributed by atoms with Crippen molar-refractivity contribution in [2.45, 2.75) is 20.4 Å². The highest BCUT2D eigenvalue weighted by molar-refractivity contribution is 5.87. The average molecular weight is 381 g/mol. The lowest BCUT2D eigenvalue weighted by molar-refractivity contribution is -0.385. The van der Waals surface area contributed by atoms with Gasteiger partial charge in [0.05, 0.1) is 16.0 Å². The first-order valence-electron chi connectivity index (χ1n) is 9.23. The molecule has 0 aliphatic carbocycles. The van der Waals surface area contributed by atoms with E-state index in [-0.39, 0.29) is 11.3 Å². The Hall–Kier alpha value is -3.26. The molecule has 0 fully saturated rings. The maximum Gasteiger partial charge on any atom is 0.311 e. The van der Waals surface area contributed by atoms with Crippen LogP contribution < -0.4 is 0 Å². The van der Waals surface area contributed by atoms with Crippen LogP contribution >= 0.6 is 0 Å². The molecule has 0 amide bonds. The average Bonchev–Trinajstić information content (AvgIpc) is 3.05. The van der Waals surface area contributed by atoms with Crippen molar-refractivity contribution in [3.8, 4) is 5.75 Å². The number of phenolic OH excluding ortho intramolecular Hbond substituents is 1. The molecule has 0 aliphatic heterocycles. The Labute approximate surface area is 162 Å². The van der Waals surface area contributed by atoms with E-state index in [9.17, 15) is 15.2 Å². The fourth-order valence-electron chi connectivity index (χ4n) is 3.09. The number of para-hydroxylation sites is 3. The summed E-state index contributed by atoms with van der Waals surface area (Å²) in [5.74, 6) is 0.0984. The summed E-state index contributed by atoms with van der Waals surface area (Å²) in [5.41, 5.74) is 1.73. The molecule has 8 nitrogen and oxygen atoms in total. The van der Waals surface area contributed by atoms with E-state index in [1.54, 1.807) is 6.07 Å². The molecule has 3 aromatic rings. The zero-order valence-corrected chi connectivity index (χ0v) is 15.9. The summed E-state index contributed by atoms with van der Waals surface area (Å²) in [5, 5.41) is 21.1. The summed E-state index contributed by atoms with van der Waals surface area (Å²) in [6.45, 7) is 7.75. The minimum atomic E-state index is -0.619. The van der Waals surface area contributed by atoms with Crippen LogP contribution in [0.5, 0.6) is 5.75 Å². The topological polar surface area (TPSA) is 96.8 Å². The molecule has 0 aliphatic rings. The van der Waals surface area contributed by atoms with E-state index < -0.39 is 10.7 Å². The molecule has 0 atom stereocenters. The van der Waals surface area contributed by atoms with Gasteiger partial charge in [0.15, 0.2) is 0 Å².